The van der Waals surface area contributed by atoms with Crippen LogP contribution in [0.15, 0.2) is 0 Å². The first-order valence-electron chi connectivity index (χ1n) is 5.61. The number of rotatable bonds is 8. The molecule has 0 radical (unpaired) electrons. The summed E-state index contributed by atoms with van der Waals surface area (Å²) >= 11 is 0. The molecule has 1 unspecified atom stereocenters. The van der Waals surface area contributed by atoms with Crippen LogP contribution >= 0.6 is 20.9 Å². The summed E-state index contributed by atoms with van der Waals surface area (Å²) in [7, 11) is -0.0954. The Hall–Kier alpha value is -1.22. The molecule has 1 fully saturated rings. The normalized spacial score (nSPS) is 17.7. The third-order valence-electron chi connectivity index (χ3n) is 2.32. The lowest BCUT2D eigenvalue weighted by Gasteiger charge is -2.28. The summed E-state index contributed by atoms with van der Waals surface area (Å²) in [5.41, 5.74) is 0. The number of carboxylic acids is 2. The van der Waals surface area contributed by atoms with E-state index in [9.17, 15) is 19.2 Å². The molecule has 0 aromatic heterocycles. The van der Waals surface area contributed by atoms with E-state index in [0.717, 1.165) is 4.31 Å². The Morgan fingerprint density at radius 1 is 1.11 bits per heavy atom. The molecule has 9 heteroatoms. The Labute approximate surface area is 116 Å². The van der Waals surface area contributed by atoms with Crippen LogP contribution in [0.2, 0.25) is 0 Å². The van der Waals surface area contributed by atoms with Gasteiger partial charge in [-0.15, -0.1) is 10.1 Å². The van der Waals surface area contributed by atoms with Gasteiger partial charge in [-0.25, -0.2) is 4.31 Å². The van der Waals surface area contributed by atoms with Crippen LogP contribution in [0.1, 0.15) is 25.7 Å². The molecule has 1 heterocycles. The van der Waals surface area contributed by atoms with Crippen molar-refractivity contribution in [2.75, 3.05) is 11.5 Å². The topological polar surface area (TPSA) is 112 Å². The van der Waals surface area contributed by atoms with E-state index in [1.165, 1.54) is 10.8 Å². The summed E-state index contributed by atoms with van der Waals surface area (Å²) in [5.74, 6) is -2.07. The van der Waals surface area contributed by atoms with Gasteiger partial charge in [0.15, 0.2) is 0 Å². The third kappa shape index (κ3) is 5.11. The number of hydrogen-bond donors (Lipinski definition) is 3. The molecule has 1 atom stereocenters. The number of imide groups is 1. The highest BCUT2D eigenvalue weighted by Crippen LogP contribution is 2.47. The number of nitrogens with zero attached hydrogens (tertiary/aromatic N) is 1. The van der Waals surface area contributed by atoms with Crippen LogP contribution in [0.3, 0.4) is 0 Å². The van der Waals surface area contributed by atoms with Gasteiger partial charge < -0.3 is 10.2 Å². The van der Waals surface area contributed by atoms with Crippen molar-refractivity contribution in [2.24, 2.45) is 0 Å². The maximum Gasteiger partial charge on any atom is 0.304 e. The standard InChI is InChI=1S/C10H15NO6S2/c12-7-1-2-8(13)11(7)19(6-4-10(16)17)18-5-3-9(14)15/h19H,1-6H2,(H,14,15)(H,16,17). The lowest BCUT2D eigenvalue weighted by Crippen LogP contribution is -2.26. The molecule has 0 spiro atoms. The number of thiol groups is 1. The van der Waals surface area contributed by atoms with Gasteiger partial charge in [-0.2, -0.15) is 0 Å². The van der Waals surface area contributed by atoms with Gasteiger partial charge in [-0.1, -0.05) is 10.8 Å². The zero-order valence-corrected chi connectivity index (χ0v) is 11.8. The first kappa shape index (κ1) is 15.8. The number of amides is 2. The maximum atomic E-state index is 11.6. The van der Waals surface area contributed by atoms with Gasteiger partial charge in [0.05, 0.1) is 12.8 Å². The molecule has 1 aliphatic heterocycles. The van der Waals surface area contributed by atoms with Gasteiger partial charge in [0.1, 0.15) is 0 Å². The predicted molar refractivity (Wildman–Crippen MR) is 71.9 cm³/mol. The first-order valence-corrected chi connectivity index (χ1v) is 8.68. The van der Waals surface area contributed by atoms with E-state index in [2.05, 4.69) is 0 Å². The van der Waals surface area contributed by atoms with Gasteiger partial charge in [0.25, 0.3) is 0 Å². The lowest BCUT2D eigenvalue weighted by atomic mass is 10.4. The molecule has 2 N–H and O–H groups in total. The van der Waals surface area contributed by atoms with E-state index in [1.807, 2.05) is 0 Å². The minimum Gasteiger partial charge on any atom is -0.481 e. The molecule has 108 valence electrons. The van der Waals surface area contributed by atoms with Crippen LogP contribution in [0.5, 0.6) is 0 Å². The van der Waals surface area contributed by atoms with Crippen molar-refractivity contribution in [3.05, 3.63) is 0 Å². The first-order chi connectivity index (χ1) is 8.91. The summed E-state index contributed by atoms with van der Waals surface area (Å²) in [6, 6.07) is 0. The van der Waals surface area contributed by atoms with Gasteiger partial charge in [0, 0.05) is 24.3 Å². The highest BCUT2D eigenvalue weighted by atomic mass is 33.1. The smallest absolute Gasteiger partial charge is 0.304 e. The second-order valence-corrected chi connectivity index (χ2v) is 8.05. The number of aliphatic carboxylic acids is 2. The Morgan fingerprint density at radius 3 is 2.11 bits per heavy atom. The largest absolute Gasteiger partial charge is 0.481 e. The van der Waals surface area contributed by atoms with Crippen LogP contribution in [-0.2, 0) is 19.2 Å². The van der Waals surface area contributed by atoms with Crippen molar-refractivity contribution in [3.8, 4) is 0 Å². The number of carbonyl (C=O) groups is 4. The molecule has 1 aliphatic rings. The van der Waals surface area contributed by atoms with Crippen LogP contribution in [0.25, 0.3) is 0 Å². The fourth-order valence-corrected chi connectivity index (χ4v) is 5.93. The molecular weight excluding hydrogens is 294 g/mol. The zero-order chi connectivity index (χ0) is 14.4. The fraction of sp³-hybridized carbons (Fsp3) is 0.600. The van der Waals surface area contributed by atoms with Crippen molar-refractivity contribution >= 4 is 44.7 Å². The third-order valence-corrected chi connectivity index (χ3v) is 6.98. The van der Waals surface area contributed by atoms with Crippen molar-refractivity contribution in [1.82, 2.24) is 4.31 Å². The molecule has 7 nitrogen and oxygen atoms in total. The van der Waals surface area contributed by atoms with Crippen LogP contribution in [0, 0.1) is 0 Å². The molecule has 0 aromatic rings. The van der Waals surface area contributed by atoms with Crippen LogP contribution < -0.4 is 0 Å². The van der Waals surface area contributed by atoms with Gasteiger partial charge in [0.2, 0.25) is 11.8 Å². The highest BCUT2D eigenvalue weighted by Gasteiger charge is 2.33. The van der Waals surface area contributed by atoms with E-state index in [4.69, 9.17) is 10.2 Å². The molecule has 2 amide bonds. The maximum absolute atomic E-state index is 11.6. The lowest BCUT2D eigenvalue weighted by molar-refractivity contribution is -0.137. The van der Waals surface area contributed by atoms with E-state index in [1.54, 1.807) is 0 Å². The summed E-state index contributed by atoms with van der Waals surface area (Å²) in [4.78, 5) is 44.3. The van der Waals surface area contributed by atoms with Crippen molar-refractivity contribution < 1.29 is 29.4 Å². The summed E-state index contributed by atoms with van der Waals surface area (Å²) in [5, 5.41) is 17.2. The minimum atomic E-state index is -1.30. The van der Waals surface area contributed by atoms with E-state index < -0.39 is 22.1 Å². The Bertz CT molecular complexity index is 383. The van der Waals surface area contributed by atoms with Gasteiger partial charge in [-0.3, -0.25) is 19.2 Å². The van der Waals surface area contributed by atoms with E-state index >= 15 is 0 Å². The van der Waals surface area contributed by atoms with E-state index in [-0.39, 0.29) is 49.0 Å². The molecule has 0 bridgehead atoms. The van der Waals surface area contributed by atoms with Crippen molar-refractivity contribution in [3.63, 3.8) is 0 Å². The quantitative estimate of drug-likeness (QED) is 0.343. The highest BCUT2D eigenvalue weighted by molar-refractivity contribution is 8.84. The fourth-order valence-electron chi connectivity index (χ4n) is 1.47. The molecule has 0 aromatic carbocycles. The van der Waals surface area contributed by atoms with Crippen LogP contribution in [0.4, 0.5) is 0 Å². The van der Waals surface area contributed by atoms with Crippen molar-refractivity contribution in [1.29, 1.82) is 0 Å². The SMILES string of the molecule is O=C(O)CCS[SH](CCC(=O)O)N1C(=O)CCC1=O. The Balaban J connectivity index is 2.62. The molecule has 1 rings (SSSR count). The second kappa shape index (κ2) is 7.39. The molecule has 19 heavy (non-hydrogen) atoms. The van der Waals surface area contributed by atoms with Gasteiger partial charge >= 0.3 is 11.9 Å². The predicted octanol–water partition coefficient (Wildman–Crippen LogP) is 0.649. The average molecular weight is 309 g/mol. The second-order valence-electron chi connectivity index (χ2n) is 3.80. The summed E-state index contributed by atoms with van der Waals surface area (Å²) < 4.78 is 1.14. The zero-order valence-electron chi connectivity index (χ0n) is 10.1. The average Bonchev–Trinajstić information content (AvgIpc) is 2.63. The molecule has 0 saturated carbocycles. The van der Waals surface area contributed by atoms with Crippen molar-refractivity contribution in [2.45, 2.75) is 25.7 Å². The number of hydrogen-bond acceptors (Lipinski definition) is 5. The summed E-state index contributed by atoms with van der Waals surface area (Å²) in [6.45, 7) is 0. The number of carboxylic acid groups (broad SMARTS) is 2. The van der Waals surface area contributed by atoms with Crippen LogP contribution in [-0.4, -0.2) is 49.8 Å². The number of carbonyl (C=O) groups excluding carboxylic acids is 2. The van der Waals surface area contributed by atoms with Gasteiger partial charge in [-0.05, 0) is 0 Å². The monoisotopic (exact) mass is 309 g/mol. The Kier molecular flexibility index (Phi) is 6.16. The molecule has 1 saturated heterocycles. The minimum absolute atomic E-state index is 0.0766. The molecule has 0 aliphatic carbocycles. The Morgan fingerprint density at radius 2 is 1.63 bits per heavy atom. The molecular formula is C10H15NO6S2. The summed E-state index contributed by atoms with van der Waals surface area (Å²) in [6.07, 6.45) is 0.101. The van der Waals surface area contributed by atoms with E-state index in [0.29, 0.717) is 0 Å².